The van der Waals surface area contributed by atoms with Crippen LogP contribution < -0.4 is 14.4 Å². The second-order valence-corrected chi connectivity index (χ2v) is 8.41. The van der Waals surface area contributed by atoms with Gasteiger partial charge in [-0.25, -0.2) is 9.97 Å². The van der Waals surface area contributed by atoms with E-state index in [2.05, 4.69) is 19.9 Å². The summed E-state index contributed by atoms with van der Waals surface area (Å²) >= 11 is 0. The van der Waals surface area contributed by atoms with E-state index in [1.165, 1.54) is 18.9 Å². The van der Waals surface area contributed by atoms with Crippen molar-refractivity contribution in [1.82, 2.24) is 19.9 Å². The topological polar surface area (TPSA) is 76.2 Å². The number of anilines is 1. The molecule has 0 aliphatic carbocycles. The molecule has 0 unspecified atom stereocenters. The number of rotatable bonds is 7. The smallest absolute Gasteiger partial charge is 0.417 e. The average molecular weight is 496 g/mol. The molecule has 1 saturated heterocycles. The number of pyridine rings is 2. The Bertz CT molecular complexity index is 1330. The lowest BCUT2D eigenvalue weighted by molar-refractivity contribution is -0.137. The molecule has 1 aromatic carbocycles. The van der Waals surface area contributed by atoms with E-state index in [0.717, 1.165) is 48.1 Å². The van der Waals surface area contributed by atoms with Crippen LogP contribution in [-0.4, -0.2) is 40.1 Å². The number of hydrogen-bond acceptors (Lipinski definition) is 6. The normalized spacial score (nSPS) is 13.7. The molecular weight excluding hydrogens is 471 g/mol. The maximum Gasteiger partial charge on any atom is 0.417 e. The highest BCUT2D eigenvalue weighted by atomic mass is 19.4. The van der Waals surface area contributed by atoms with E-state index in [1.807, 2.05) is 24.3 Å². The number of aromatic nitrogens is 4. The van der Waals surface area contributed by atoms with Crippen LogP contribution in [0.25, 0.3) is 22.8 Å². The Morgan fingerprint density at radius 3 is 2.56 bits per heavy atom. The number of nitrogens with zero attached hydrogens (tertiary/aromatic N) is 4. The monoisotopic (exact) mass is 495 g/mol. The van der Waals surface area contributed by atoms with E-state index in [9.17, 15) is 13.2 Å². The summed E-state index contributed by atoms with van der Waals surface area (Å²) in [5.74, 6) is 2.66. The fourth-order valence-corrected chi connectivity index (χ4v) is 4.08. The fraction of sp³-hybridized carbons (Fsp3) is 0.269. The van der Waals surface area contributed by atoms with Crippen LogP contribution in [0.5, 0.6) is 11.5 Å². The highest BCUT2D eigenvalue weighted by molar-refractivity contribution is 5.70. The van der Waals surface area contributed by atoms with Crippen molar-refractivity contribution in [3.8, 4) is 34.3 Å². The van der Waals surface area contributed by atoms with Crippen molar-refractivity contribution in [2.75, 3.05) is 25.1 Å². The molecule has 1 aliphatic heterocycles. The summed E-state index contributed by atoms with van der Waals surface area (Å²) < 4.78 is 49.4. The molecule has 0 saturated carbocycles. The number of halogens is 3. The van der Waals surface area contributed by atoms with Gasteiger partial charge in [-0.05, 0) is 49.2 Å². The van der Waals surface area contributed by atoms with Gasteiger partial charge in [0.25, 0.3) is 0 Å². The van der Waals surface area contributed by atoms with Crippen molar-refractivity contribution >= 4 is 5.82 Å². The van der Waals surface area contributed by atoms with Crippen molar-refractivity contribution in [3.05, 3.63) is 72.2 Å². The second kappa shape index (κ2) is 9.88. The van der Waals surface area contributed by atoms with E-state index < -0.39 is 11.7 Å². The Labute approximate surface area is 206 Å². The number of H-pyrrole nitrogens is 1. The van der Waals surface area contributed by atoms with Crippen molar-refractivity contribution < 1.29 is 22.6 Å². The number of hydrogen-bond donors (Lipinski definition) is 1. The lowest BCUT2D eigenvalue weighted by atomic mass is 10.1. The third kappa shape index (κ3) is 5.12. The minimum atomic E-state index is -4.42. The van der Waals surface area contributed by atoms with Gasteiger partial charge in [-0.2, -0.15) is 13.2 Å². The molecule has 0 bridgehead atoms. The van der Waals surface area contributed by atoms with Gasteiger partial charge in [-0.1, -0.05) is 6.07 Å². The highest BCUT2D eigenvalue weighted by Crippen LogP contribution is 2.34. The largest absolute Gasteiger partial charge is 0.496 e. The molecule has 0 spiro atoms. The Hall–Kier alpha value is -4.08. The van der Waals surface area contributed by atoms with Gasteiger partial charge in [-0.15, -0.1) is 0 Å². The first-order valence-electron chi connectivity index (χ1n) is 11.5. The van der Waals surface area contributed by atoms with Gasteiger partial charge in [0, 0.05) is 30.9 Å². The number of aromatic amines is 1. The number of imidazole rings is 1. The molecule has 7 nitrogen and oxygen atoms in total. The average Bonchev–Trinajstić information content (AvgIpc) is 3.60. The number of alkyl halides is 3. The number of methoxy groups -OCH3 is 1. The van der Waals surface area contributed by atoms with Crippen LogP contribution in [0.15, 0.2) is 60.9 Å². The molecule has 36 heavy (non-hydrogen) atoms. The Morgan fingerprint density at radius 2 is 1.83 bits per heavy atom. The molecule has 1 aliphatic rings. The lowest BCUT2D eigenvalue weighted by Gasteiger charge is -2.16. The second-order valence-electron chi connectivity index (χ2n) is 8.41. The van der Waals surface area contributed by atoms with Crippen LogP contribution in [0.2, 0.25) is 0 Å². The molecule has 0 atom stereocenters. The molecule has 1 fully saturated rings. The molecule has 0 radical (unpaired) electrons. The van der Waals surface area contributed by atoms with Crippen LogP contribution in [0.4, 0.5) is 19.0 Å². The van der Waals surface area contributed by atoms with E-state index in [4.69, 9.17) is 14.5 Å². The van der Waals surface area contributed by atoms with Crippen molar-refractivity contribution in [2.45, 2.75) is 25.6 Å². The molecule has 1 N–H and O–H groups in total. The Balaban J connectivity index is 1.30. The van der Waals surface area contributed by atoms with E-state index in [0.29, 0.717) is 23.0 Å². The van der Waals surface area contributed by atoms with Gasteiger partial charge in [-0.3, -0.25) is 4.98 Å². The van der Waals surface area contributed by atoms with Crippen LogP contribution in [-0.2, 0) is 12.8 Å². The van der Waals surface area contributed by atoms with Crippen LogP contribution in [0.1, 0.15) is 24.1 Å². The third-order valence-corrected chi connectivity index (χ3v) is 5.98. The van der Waals surface area contributed by atoms with Gasteiger partial charge in [0.1, 0.15) is 29.6 Å². The van der Waals surface area contributed by atoms with Crippen LogP contribution in [0, 0.1) is 0 Å². The lowest BCUT2D eigenvalue weighted by Crippen LogP contribution is -2.18. The van der Waals surface area contributed by atoms with Gasteiger partial charge in [0.15, 0.2) is 5.82 Å². The predicted octanol–water partition coefficient (Wildman–Crippen LogP) is 5.74. The quantitative estimate of drug-likeness (QED) is 0.352. The fourth-order valence-electron chi connectivity index (χ4n) is 4.08. The van der Waals surface area contributed by atoms with Crippen molar-refractivity contribution in [1.29, 1.82) is 0 Å². The minimum absolute atomic E-state index is 0.0217. The number of nitrogens with one attached hydrogen (secondary N) is 1. The summed E-state index contributed by atoms with van der Waals surface area (Å²) in [4.78, 5) is 18.7. The van der Waals surface area contributed by atoms with E-state index in [1.54, 1.807) is 25.4 Å². The minimum Gasteiger partial charge on any atom is -0.496 e. The Kier molecular flexibility index (Phi) is 6.49. The molecule has 3 aromatic heterocycles. The summed E-state index contributed by atoms with van der Waals surface area (Å²) in [6, 6.07) is 13.5. The summed E-state index contributed by atoms with van der Waals surface area (Å²) in [7, 11) is 1.55. The molecule has 5 rings (SSSR count). The van der Waals surface area contributed by atoms with Crippen LogP contribution >= 0.6 is 0 Å². The molecular formula is C26H24F3N5O2. The first kappa shape index (κ1) is 23.7. The summed E-state index contributed by atoms with van der Waals surface area (Å²) in [6.45, 7) is 2.05. The third-order valence-electron chi connectivity index (χ3n) is 5.98. The summed E-state index contributed by atoms with van der Waals surface area (Å²) in [6.07, 6.45) is 0.459. The molecule has 4 aromatic rings. The summed E-state index contributed by atoms with van der Waals surface area (Å²) in [5.41, 5.74) is 1.88. The first-order chi connectivity index (χ1) is 17.4. The maximum absolute atomic E-state index is 12.7. The first-order valence-corrected chi connectivity index (χ1v) is 11.5. The zero-order chi connectivity index (χ0) is 25.1. The summed E-state index contributed by atoms with van der Waals surface area (Å²) in [5, 5.41) is 0. The molecule has 10 heteroatoms. The molecule has 4 heterocycles. The van der Waals surface area contributed by atoms with Crippen molar-refractivity contribution in [3.63, 3.8) is 0 Å². The van der Waals surface area contributed by atoms with Crippen LogP contribution in [0.3, 0.4) is 0 Å². The van der Waals surface area contributed by atoms with Gasteiger partial charge in [0.05, 0.1) is 30.3 Å². The predicted molar refractivity (Wildman–Crippen MR) is 129 cm³/mol. The zero-order valence-electron chi connectivity index (χ0n) is 19.5. The SMILES string of the molecule is COc1cc(OCc2ccc(C(F)(F)F)cn2)ccc1-c1cnc(-c2cccc(N3CCCC3)n2)[nH]1. The van der Waals surface area contributed by atoms with Gasteiger partial charge in [0.2, 0.25) is 0 Å². The highest BCUT2D eigenvalue weighted by Gasteiger charge is 2.30. The van der Waals surface area contributed by atoms with Gasteiger partial charge < -0.3 is 19.4 Å². The van der Waals surface area contributed by atoms with E-state index in [-0.39, 0.29) is 6.61 Å². The van der Waals surface area contributed by atoms with Crippen molar-refractivity contribution in [2.24, 2.45) is 0 Å². The molecule has 0 amide bonds. The number of ether oxygens (including phenoxy) is 2. The molecule has 186 valence electrons. The van der Waals surface area contributed by atoms with E-state index >= 15 is 0 Å². The maximum atomic E-state index is 12.7. The zero-order valence-corrected chi connectivity index (χ0v) is 19.5. The number of benzene rings is 1. The standard InChI is InChI=1S/C26H24F3N5O2/c1-35-23-13-19(36-16-18-8-7-17(14-30-18)26(27,28)29)9-10-20(23)22-15-31-25(33-22)21-5-4-6-24(32-21)34-11-2-3-12-34/h4-10,13-15H,2-3,11-12,16H2,1H3,(H,31,33). The Morgan fingerprint density at radius 1 is 1.00 bits per heavy atom. The van der Waals surface area contributed by atoms with Gasteiger partial charge >= 0.3 is 6.18 Å².